The molecule has 1 heterocycles. The maximum atomic E-state index is 9.78. The quantitative estimate of drug-likeness (QED) is 0.844. The zero-order chi connectivity index (χ0) is 11.4. The molecule has 1 aromatic carbocycles. The molecule has 0 aliphatic carbocycles. The van der Waals surface area contributed by atoms with Gasteiger partial charge in [-0.2, -0.15) is 0 Å². The molecular weight excluding hydrogens is 198 g/mol. The lowest BCUT2D eigenvalue weighted by Gasteiger charge is -2.37. The fraction of sp³-hybridized carbons (Fsp3) is 0.571. The number of rotatable bonds is 3. The van der Waals surface area contributed by atoms with E-state index < -0.39 is 0 Å². The van der Waals surface area contributed by atoms with E-state index in [2.05, 4.69) is 29.2 Å². The van der Waals surface area contributed by atoms with Crippen LogP contribution in [0, 0.1) is 0 Å². The maximum absolute atomic E-state index is 9.78. The zero-order valence-electron chi connectivity index (χ0n) is 9.97. The Hall–Kier alpha value is -0.860. The van der Waals surface area contributed by atoms with Gasteiger partial charge in [0.05, 0.1) is 6.10 Å². The van der Waals surface area contributed by atoms with Gasteiger partial charge >= 0.3 is 0 Å². The summed E-state index contributed by atoms with van der Waals surface area (Å²) in [5.41, 5.74) is 1.34. The van der Waals surface area contributed by atoms with Gasteiger partial charge in [0.15, 0.2) is 0 Å². The highest BCUT2D eigenvalue weighted by Gasteiger charge is 2.25. The molecule has 0 amide bonds. The summed E-state index contributed by atoms with van der Waals surface area (Å²) in [4.78, 5) is 2.42. The largest absolute Gasteiger partial charge is 0.392 e. The Balaban J connectivity index is 2.01. The van der Waals surface area contributed by atoms with Crippen molar-refractivity contribution in [3.63, 3.8) is 0 Å². The van der Waals surface area contributed by atoms with Gasteiger partial charge in [0.2, 0.25) is 0 Å². The van der Waals surface area contributed by atoms with Crippen molar-refractivity contribution in [2.45, 2.75) is 44.9 Å². The summed E-state index contributed by atoms with van der Waals surface area (Å²) in [6.07, 6.45) is 3.42. The predicted molar refractivity (Wildman–Crippen MR) is 66.2 cm³/mol. The molecule has 1 saturated heterocycles. The molecule has 1 aromatic rings. The average molecular weight is 219 g/mol. The van der Waals surface area contributed by atoms with E-state index in [1.54, 1.807) is 0 Å². The first-order valence-corrected chi connectivity index (χ1v) is 6.23. The van der Waals surface area contributed by atoms with E-state index in [-0.39, 0.29) is 6.10 Å². The number of aliphatic hydroxyl groups excluding tert-OH is 1. The third kappa shape index (κ3) is 2.83. The van der Waals surface area contributed by atoms with Gasteiger partial charge in [-0.3, -0.25) is 4.90 Å². The maximum Gasteiger partial charge on any atom is 0.0667 e. The van der Waals surface area contributed by atoms with Crippen LogP contribution in [0.15, 0.2) is 30.3 Å². The van der Waals surface area contributed by atoms with Gasteiger partial charge in [-0.1, -0.05) is 36.8 Å². The van der Waals surface area contributed by atoms with Crippen molar-refractivity contribution in [3.8, 4) is 0 Å². The van der Waals surface area contributed by atoms with E-state index in [1.807, 2.05) is 13.0 Å². The van der Waals surface area contributed by atoms with Gasteiger partial charge in [-0.25, -0.2) is 0 Å². The molecule has 2 heteroatoms. The molecule has 1 aliphatic rings. The minimum Gasteiger partial charge on any atom is -0.392 e. The van der Waals surface area contributed by atoms with Crippen LogP contribution in [0.2, 0.25) is 0 Å². The van der Waals surface area contributed by atoms with Gasteiger partial charge in [-0.05, 0) is 31.9 Å². The molecule has 16 heavy (non-hydrogen) atoms. The molecule has 2 nitrogen and oxygen atoms in total. The Kier molecular flexibility index (Phi) is 3.97. The molecule has 0 spiro atoms. The van der Waals surface area contributed by atoms with Crippen LogP contribution < -0.4 is 0 Å². The fourth-order valence-corrected chi connectivity index (χ4v) is 2.58. The molecule has 0 saturated carbocycles. The smallest absolute Gasteiger partial charge is 0.0667 e. The highest BCUT2D eigenvalue weighted by Crippen LogP contribution is 2.21. The Morgan fingerprint density at radius 2 is 2.06 bits per heavy atom. The SMILES string of the molecule is C[C@H](O)C1CCCCN1Cc1ccccc1. The summed E-state index contributed by atoms with van der Waals surface area (Å²) in [6.45, 7) is 3.99. The van der Waals surface area contributed by atoms with Gasteiger partial charge in [0.25, 0.3) is 0 Å². The second kappa shape index (κ2) is 5.46. The summed E-state index contributed by atoms with van der Waals surface area (Å²) in [5, 5.41) is 9.78. The highest BCUT2D eigenvalue weighted by atomic mass is 16.3. The summed E-state index contributed by atoms with van der Waals surface area (Å²) in [7, 11) is 0. The Labute approximate surface area is 97.9 Å². The predicted octanol–water partition coefficient (Wildman–Crippen LogP) is 2.42. The second-order valence-corrected chi connectivity index (χ2v) is 4.76. The summed E-state index contributed by atoms with van der Waals surface area (Å²) < 4.78 is 0. The minimum atomic E-state index is -0.219. The lowest BCUT2D eigenvalue weighted by atomic mass is 9.97. The van der Waals surface area contributed by atoms with Crippen LogP contribution >= 0.6 is 0 Å². The Bertz CT molecular complexity index is 310. The van der Waals surface area contributed by atoms with Crippen LogP contribution in [0.4, 0.5) is 0 Å². The van der Waals surface area contributed by atoms with E-state index in [0.29, 0.717) is 6.04 Å². The van der Waals surface area contributed by atoms with Crippen molar-refractivity contribution in [1.82, 2.24) is 4.90 Å². The topological polar surface area (TPSA) is 23.5 Å². The van der Waals surface area contributed by atoms with Crippen LogP contribution in [0.25, 0.3) is 0 Å². The van der Waals surface area contributed by atoms with Crippen molar-refractivity contribution in [2.75, 3.05) is 6.54 Å². The molecule has 1 aliphatic heterocycles. The van der Waals surface area contributed by atoms with Crippen molar-refractivity contribution in [2.24, 2.45) is 0 Å². The molecule has 1 fully saturated rings. The monoisotopic (exact) mass is 219 g/mol. The van der Waals surface area contributed by atoms with Gasteiger partial charge in [-0.15, -0.1) is 0 Å². The first-order chi connectivity index (χ1) is 7.77. The first-order valence-electron chi connectivity index (χ1n) is 6.23. The summed E-state index contributed by atoms with van der Waals surface area (Å²) in [6, 6.07) is 10.9. The normalized spacial score (nSPS) is 24.2. The number of nitrogens with zero attached hydrogens (tertiary/aromatic N) is 1. The molecule has 1 unspecified atom stereocenters. The highest BCUT2D eigenvalue weighted by molar-refractivity contribution is 5.14. The zero-order valence-corrected chi connectivity index (χ0v) is 9.97. The van der Waals surface area contributed by atoms with E-state index in [4.69, 9.17) is 0 Å². The Morgan fingerprint density at radius 1 is 1.31 bits per heavy atom. The molecule has 2 atom stereocenters. The van der Waals surface area contributed by atoms with Gasteiger partial charge in [0, 0.05) is 12.6 Å². The van der Waals surface area contributed by atoms with Crippen LogP contribution in [-0.4, -0.2) is 28.7 Å². The summed E-state index contributed by atoms with van der Waals surface area (Å²) in [5.74, 6) is 0. The van der Waals surface area contributed by atoms with Crippen molar-refractivity contribution < 1.29 is 5.11 Å². The first kappa shape index (κ1) is 11.6. The number of benzene rings is 1. The molecule has 88 valence electrons. The number of hydrogen-bond donors (Lipinski definition) is 1. The number of aliphatic hydroxyl groups is 1. The number of hydrogen-bond acceptors (Lipinski definition) is 2. The van der Waals surface area contributed by atoms with Crippen molar-refractivity contribution in [3.05, 3.63) is 35.9 Å². The second-order valence-electron chi connectivity index (χ2n) is 4.76. The third-order valence-corrected chi connectivity index (χ3v) is 3.45. The molecular formula is C14H21NO. The molecule has 0 bridgehead atoms. The molecule has 0 aromatic heterocycles. The van der Waals surface area contributed by atoms with Crippen LogP contribution in [0.5, 0.6) is 0 Å². The standard InChI is InChI=1S/C14H21NO/c1-12(16)14-9-5-6-10-15(14)11-13-7-3-2-4-8-13/h2-4,7-8,12,14,16H,5-6,9-11H2,1H3/t12-,14?/m0/s1. The minimum absolute atomic E-state index is 0.219. The van der Waals surface area contributed by atoms with E-state index in [9.17, 15) is 5.11 Å². The molecule has 0 radical (unpaired) electrons. The van der Waals surface area contributed by atoms with Gasteiger partial charge in [0.1, 0.15) is 0 Å². The number of piperidine rings is 1. The lowest BCUT2D eigenvalue weighted by molar-refractivity contribution is 0.0317. The van der Waals surface area contributed by atoms with E-state index >= 15 is 0 Å². The van der Waals surface area contributed by atoms with E-state index in [0.717, 1.165) is 19.5 Å². The average Bonchev–Trinajstić information content (AvgIpc) is 2.31. The fourth-order valence-electron chi connectivity index (χ4n) is 2.58. The lowest BCUT2D eigenvalue weighted by Crippen LogP contribution is -2.45. The third-order valence-electron chi connectivity index (χ3n) is 3.45. The molecule has 1 N–H and O–H groups in total. The van der Waals surface area contributed by atoms with Crippen LogP contribution in [-0.2, 0) is 6.54 Å². The number of likely N-dealkylation sites (tertiary alicyclic amines) is 1. The van der Waals surface area contributed by atoms with Crippen LogP contribution in [0.1, 0.15) is 31.7 Å². The molecule has 2 rings (SSSR count). The van der Waals surface area contributed by atoms with Crippen LogP contribution in [0.3, 0.4) is 0 Å². The summed E-state index contributed by atoms with van der Waals surface area (Å²) >= 11 is 0. The van der Waals surface area contributed by atoms with Gasteiger partial charge < -0.3 is 5.11 Å². The van der Waals surface area contributed by atoms with Crippen molar-refractivity contribution >= 4 is 0 Å². The van der Waals surface area contributed by atoms with E-state index in [1.165, 1.54) is 18.4 Å². The Morgan fingerprint density at radius 3 is 2.75 bits per heavy atom. The van der Waals surface area contributed by atoms with Crippen molar-refractivity contribution in [1.29, 1.82) is 0 Å².